The Morgan fingerprint density at radius 2 is 1.82 bits per heavy atom. The van der Waals surface area contributed by atoms with Gasteiger partial charge in [-0.15, -0.1) is 0 Å². The molecule has 0 atom stereocenters. The first-order valence-corrected chi connectivity index (χ1v) is 9.85. The van der Waals surface area contributed by atoms with E-state index in [1.54, 1.807) is 18.2 Å². The number of hydrogen-bond donors (Lipinski definition) is 1. The van der Waals surface area contributed by atoms with E-state index in [2.05, 4.69) is 16.8 Å². The second-order valence-electron chi connectivity index (χ2n) is 7.33. The van der Waals surface area contributed by atoms with Gasteiger partial charge < -0.3 is 19.6 Å². The average Bonchev–Trinajstić information content (AvgIpc) is 2.67. The molecule has 2 heterocycles. The zero-order valence-corrected chi connectivity index (χ0v) is 16.4. The molecule has 6 nitrogen and oxygen atoms in total. The van der Waals surface area contributed by atoms with Crippen LogP contribution >= 0.6 is 0 Å². The summed E-state index contributed by atoms with van der Waals surface area (Å²) in [7, 11) is 2.09. The van der Waals surface area contributed by atoms with Gasteiger partial charge in [0.2, 0.25) is 0 Å². The van der Waals surface area contributed by atoms with Crippen molar-refractivity contribution in [2.24, 2.45) is 0 Å². The quantitative estimate of drug-likeness (QED) is 0.593. The third-order valence-electron chi connectivity index (χ3n) is 5.15. The molecule has 2 aliphatic rings. The Morgan fingerprint density at radius 3 is 2.61 bits per heavy atom. The number of piperazine rings is 1. The second kappa shape index (κ2) is 9.55. The highest BCUT2D eigenvalue weighted by Gasteiger charge is 2.21. The third kappa shape index (κ3) is 5.23. The Balaban J connectivity index is 1.89. The fraction of sp³-hybridized carbons (Fsp3) is 0.455. The number of phenolic OH excluding ortho intramolecular Hbond substituents is 1. The van der Waals surface area contributed by atoms with E-state index in [0.29, 0.717) is 18.4 Å². The molecule has 0 bridgehead atoms. The lowest BCUT2D eigenvalue weighted by Crippen LogP contribution is -2.44. The number of Topliss-reactive ketones (excluding diaryl/α,β-unsaturated/α-hetero) is 1. The maximum atomic E-state index is 12.6. The Labute approximate surface area is 166 Å². The number of ether oxygens (including phenoxy) is 1. The summed E-state index contributed by atoms with van der Waals surface area (Å²) in [6, 6.07) is 3.59. The van der Waals surface area contributed by atoms with Crippen LogP contribution in [0.3, 0.4) is 0 Å². The minimum atomic E-state index is -0.560. The number of allylic oxidation sites excluding steroid dienone is 2. The molecule has 0 spiro atoms. The molecule has 1 saturated heterocycles. The van der Waals surface area contributed by atoms with Crippen LogP contribution in [0.4, 0.5) is 5.69 Å². The van der Waals surface area contributed by atoms with Crippen LogP contribution in [0.2, 0.25) is 0 Å². The predicted octanol–water partition coefficient (Wildman–Crippen LogP) is 3.01. The molecule has 28 heavy (non-hydrogen) atoms. The minimum Gasteiger partial charge on any atom is -0.507 e. The number of phenols is 1. The molecule has 0 amide bonds. The van der Waals surface area contributed by atoms with Crippen molar-refractivity contribution in [3.63, 3.8) is 0 Å². The SMILES string of the molecule is CN1CCN(c2cc(O)c3c(c2)C=CCCCC(=O)CC=CCOC3=O)CC1. The number of carbonyl (C=O) groups is 2. The number of ketones is 1. The van der Waals surface area contributed by atoms with Gasteiger partial charge in [-0.25, -0.2) is 4.79 Å². The highest BCUT2D eigenvalue weighted by molar-refractivity contribution is 5.97. The molecule has 1 aromatic carbocycles. The van der Waals surface area contributed by atoms with Gasteiger partial charge in [-0.3, -0.25) is 4.79 Å². The van der Waals surface area contributed by atoms with Gasteiger partial charge in [-0.2, -0.15) is 0 Å². The van der Waals surface area contributed by atoms with Gasteiger partial charge >= 0.3 is 5.97 Å². The van der Waals surface area contributed by atoms with Crippen molar-refractivity contribution in [2.75, 3.05) is 44.7 Å². The van der Waals surface area contributed by atoms with E-state index < -0.39 is 5.97 Å². The molecule has 0 saturated carbocycles. The first kappa shape index (κ1) is 20.1. The number of nitrogens with zero attached hydrogens (tertiary/aromatic N) is 2. The van der Waals surface area contributed by atoms with Crippen LogP contribution in [0.15, 0.2) is 30.4 Å². The Morgan fingerprint density at radius 1 is 1.04 bits per heavy atom. The minimum absolute atomic E-state index is 0.0627. The van der Waals surface area contributed by atoms with Crippen molar-refractivity contribution in [3.05, 3.63) is 41.5 Å². The summed E-state index contributed by atoms with van der Waals surface area (Å²) < 4.78 is 5.28. The molecule has 1 N–H and O–H groups in total. The number of likely N-dealkylation sites (N-methyl/N-ethyl adjacent to an activating group) is 1. The van der Waals surface area contributed by atoms with E-state index >= 15 is 0 Å². The van der Waals surface area contributed by atoms with Crippen LogP contribution in [0.1, 0.15) is 41.6 Å². The van der Waals surface area contributed by atoms with Crippen LogP contribution in [0.5, 0.6) is 5.75 Å². The van der Waals surface area contributed by atoms with Crippen molar-refractivity contribution in [1.29, 1.82) is 0 Å². The van der Waals surface area contributed by atoms with Crippen molar-refractivity contribution >= 4 is 23.5 Å². The number of aromatic hydroxyl groups is 1. The molecule has 6 heteroatoms. The Bertz CT molecular complexity index is 777. The number of benzene rings is 1. The van der Waals surface area contributed by atoms with Gasteiger partial charge in [0.05, 0.1) is 0 Å². The lowest BCUT2D eigenvalue weighted by Gasteiger charge is -2.34. The van der Waals surface area contributed by atoms with E-state index in [-0.39, 0.29) is 23.7 Å². The zero-order valence-electron chi connectivity index (χ0n) is 16.4. The number of carbonyl (C=O) groups excluding carboxylic acids is 2. The normalized spacial score (nSPS) is 19.8. The number of cyclic esters (lactones) is 1. The summed E-state index contributed by atoms with van der Waals surface area (Å²) in [5.41, 5.74) is 1.74. The number of esters is 1. The van der Waals surface area contributed by atoms with Gasteiger partial charge in [-0.05, 0) is 31.5 Å². The topological polar surface area (TPSA) is 70.1 Å². The highest BCUT2D eigenvalue weighted by Crippen LogP contribution is 2.31. The third-order valence-corrected chi connectivity index (χ3v) is 5.15. The van der Waals surface area contributed by atoms with E-state index in [1.165, 1.54) is 0 Å². The van der Waals surface area contributed by atoms with E-state index in [9.17, 15) is 14.7 Å². The fourth-order valence-electron chi connectivity index (χ4n) is 3.44. The zero-order chi connectivity index (χ0) is 19.9. The van der Waals surface area contributed by atoms with Crippen molar-refractivity contribution in [1.82, 2.24) is 4.90 Å². The van der Waals surface area contributed by atoms with Crippen molar-refractivity contribution in [2.45, 2.75) is 25.7 Å². The van der Waals surface area contributed by atoms with E-state index in [4.69, 9.17) is 4.74 Å². The first-order chi connectivity index (χ1) is 13.5. The van der Waals surface area contributed by atoms with Crippen LogP contribution in [0.25, 0.3) is 6.08 Å². The highest BCUT2D eigenvalue weighted by atomic mass is 16.5. The molecule has 2 aliphatic heterocycles. The number of hydrogen-bond acceptors (Lipinski definition) is 6. The summed E-state index contributed by atoms with van der Waals surface area (Å²) in [6.45, 7) is 3.73. The summed E-state index contributed by atoms with van der Waals surface area (Å²) >= 11 is 0. The van der Waals surface area contributed by atoms with Crippen LogP contribution in [0, 0.1) is 0 Å². The molecule has 0 unspecified atom stereocenters. The Hall–Kier alpha value is -2.60. The monoisotopic (exact) mass is 384 g/mol. The van der Waals surface area contributed by atoms with Crippen LogP contribution in [-0.4, -0.2) is 61.6 Å². The fourth-order valence-corrected chi connectivity index (χ4v) is 3.44. The summed E-state index contributed by atoms with van der Waals surface area (Å²) in [4.78, 5) is 28.8. The predicted molar refractivity (Wildman–Crippen MR) is 110 cm³/mol. The maximum Gasteiger partial charge on any atom is 0.342 e. The lowest BCUT2D eigenvalue weighted by molar-refractivity contribution is -0.118. The maximum absolute atomic E-state index is 12.6. The number of fused-ring (bicyclic) bond motifs is 1. The summed E-state index contributed by atoms with van der Waals surface area (Å²) in [5, 5.41) is 10.6. The van der Waals surface area contributed by atoms with E-state index in [1.807, 2.05) is 18.2 Å². The summed E-state index contributed by atoms with van der Waals surface area (Å²) in [6.07, 6.45) is 9.61. The van der Waals surface area contributed by atoms with Gasteiger partial charge in [-0.1, -0.05) is 24.3 Å². The standard InChI is InChI=1S/C22H28N2O4/c1-23-10-12-24(13-11-23)18-15-17-7-3-2-4-8-19(25)9-5-6-14-28-22(27)21(17)20(26)16-18/h3,5-7,15-16,26H,2,4,8-14H2,1H3. The largest absolute Gasteiger partial charge is 0.507 e. The summed E-state index contributed by atoms with van der Waals surface area (Å²) in [5.74, 6) is -0.439. The van der Waals surface area contributed by atoms with Gasteiger partial charge in [0, 0.05) is 50.8 Å². The van der Waals surface area contributed by atoms with E-state index in [0.717, 1.165) is 44.7 Å². The molecule has 1 aromatic rings. The number of anilines is 1. The van der Waals surface area contributed by atoms with Crippen LogP contribution < -0.4 is 4.90 Å². The second-order valence-corrected chi connectivity index (χ2v) is 7.33. The number of rotatable bonds is 1. The van der Waals surface area contributed by atoms with Crippen molar-refractivity contribution in [3.8, 4) is 5.75 Å². The Kier molecular flexibility index (Phi) is 6.87. The molecule has 150 valence electrons. The first-order valence-electron chi connectivity index (χ1n) is 9.85. The van der Waals surface area contributed by atoms with Gasteiger partial charge in [0.15, 0.2) is 0 Å². The van der Waals surface area contributed by atoms with Gasteiger partial charge in [0.1, 0.15) is 23.7 Å². The molecule has 0 aromatic heterocycles. The van der Waals surface area contributed by atoms with Crippen molar-refractivity contribution < 1.29 is 19.4 Å². The smallest absolute Gasteiger partial charge is 0.342 e. The molecule has 0 aliphatic carbocycles. The molecule has 0 radical (unpaired) electrons. The average molecular weight is 384 g/mol. The molecule has 1 fully saturated rings. The molecular formula is C22H28N2O4. The van der Waals surface area contributed by atoms with Crippen LogP contribution in [-0.2, 0) is 9.53 Å². The lowest BCUT2D eigenvalue weighted by atomic mass is 10.0. The molecular weight excluding hydrogens is 356 g/mol. The van der Waals surface area contributed by atoms with Gasteiger partial charge in [0.25, 0.3) is 0 Å². The molecule has 3 rings (SSSR count).